The van der Waals surface area contributed by atoms with E-state index in [9.17, 15) is 0 Å². The average Bonchev–Trinajstić information content (AvgIpc) is 2.48. The van der Waals surface area contributed by atoms with Gasteiger partial charge in [0.1, 0.15) is 0 Å². The summed E-state index contributed by atoms with van der Waals surface area (Å²) < 4.78 is 0. The molecule has 0 amide bonds. The van der Waals surface area contributed by atoms with Gasteiger partial charge < -0.3 is 5.73 Å². The second-order valence-electron chi connectivity index (χ2n) is 4.76. The van der Waals surface area contributed by atoms with Gasteiger partial charge in [0.2, 0.25) is 0 Å². The van der Waals surface area contributed by atoms with E-state index in [2.05, 4.69) is 61.5 Å². The van der Waals surface area contributed by atoms with Crippen LogP contribution in [0.5, 0.6) is 0 Å². The lowest BCUT2D eigenvalue weighted by molar-refractivity contribution is 0.855. The topological polar surface area (TPSA) is 26.0 Å². The van der Waals surface area contributed by atoms with Crippen LogP contribution in [-0.4, -0.2) is 6.54 Å². The Hall–Kier alpha value is -1.86. The largest absolute Gasteiger partial charge is 0.330 e. The minimum atomic E-state index is 0.761. The first kappa shape index (κ1) is 13.6. The second-order valence-corrected chi connectivity index (χ2v) is 4.76. The zero-order valence-corrected chi connectivity index (χ0v) is 11.5. The van der Waals surface area contributed by atoms with Crippen LogP contribution in [0.2, 0.25) is 0 Å². The molecule has 2 aromatic rings. The number of hydrogen-bond acceptors (Lipinski definition) is 1. The summed E-state index contributed by atoms with van der Waals surface area (Å²) in [5, 5.41) is 0. The van der Waals surface area contributed by atoms with Crippen molar-refractivity contribution in [2.75, 3.05) is 6.54 Å². The molecule has 0 saturated carbocycles. The van der Waals surface area contributed by atoms with Gasteiger partial charge in [-0.1, -0.05) is 60.7 Å². The average molecular weight is 251 g/mol. The lowest BCUT2D eigenvalue weighted by Crippen LogP contribution is -1.96. The Labute approximate surface area is 115 Å². The monoisotopic (exact) mass is 251 g/mol. The van der Waals surface area contributed by atoms with Crippen molar-refractivity contribution in [3.63, 3.8) is 0 Å². The Kier molecular flexibility index (Phi) is 4.93. The van der Waals surface area contributed by atoms with Crippen molar-refractivity contribution in [1.29, 1.82) is 0 Å². The van der Waals surface area contributed by atoms with Gasteiger partial charge in [-0.3, -0.25) is 0 Å². The molecular formula is C18H21N. The molecule has 0 saturated heterocycles. The lowest BCUT2D eigenvalue weighted by atomic mass is 10.0. The summed E-state index contributed by atoms with van der Waals surface area (Å²) in [4.78, 5) is 0. The van der Waals surface area contributed by atoms with Crippen LogP contribution in [-0.2, 0) is 0 Å². The third-order valence-corrected chi connectivity index (χ3v) is 3.31. The molecule has 0 spiro atoms. The Morgan fingerprint density at radius 3 is 2.21 bits per heavy atom. The molecule has 0 heterocycles. The normalized spacial score (nSPS) is 11.6. The summed E-state index contributed by atoms with van der Waals surface area (Å²) in [6.45, 7) is 2.92. The molecule has 0 unspecified atom stereocenters. The molecule has 98 valence electrons. The molecule has 2 aromatic carbocycles. The first-order valence-electron chi connectivity index (χ1n) is 6.84. The fourth-order valence-electron chi connectivity index (χ4n) is 2.11. The third-order valence-electron chi connectivity index (χ3n) is 3.31. The van der Waals surface area contributed by atoms with E-state index >= 15 is 0 Å². The van der Waals surface area contributed by atoms with E-state index in [-0.39, 0.29) is 0 Å². The van der Waals surface area contributed by atoms with Crippen molar-refractivity contribution in [3.8, 4) is 11.1 Å². The molecule has 0 atom stereocenters. The first-order chi connectivity index (χ1) is 9.31. The highest BCUT2D eigenvalue weighted by atomic mass is 14.5. The summed E-state index contributed by atoms with van der Waals surface area (Å²) in [6.07, 6.45) is 4.38. The highest BCUT2D eigenvalue weighted by Gasteiger charge is 1.98. The zero-order valence-electron chi connectivity index (χ0n) is 11.5. The van der Waals surface area contributed by atoms with E-state index in [4.69, 9.17) is 5.73 Å². The Bertz CT molecular complexity index is 523. The van der Waals surface area contributed by atoms with Crippen LogP contribution in [0, 0.1) is 0 Å². The van der Waals surface area contributed by atoms with Crippen molar-refractivity contribution >= 4 is 5.57 Å². The molecule has 1 heteroatoms. The van der Waals surface area contributed by atoms with Gasteiger partial charge in [0, 0.05) is 0 Å². The third kappa shape index (κ3) is 3.80. The molecular weight excluding hydrogens is 230 g/mol. The van der Waals surface area contributed by atoms with Gasteiger partial charge in [0.05, 0.1) is 0 Å². The fraction of sp³-hybridized carbons (Fsp3) is 0.222. The maximum atomic E-state index is 5.51. The van der Waals surface area contributed by atoms with E-state index in [0.29, 0.717) is 0 Å². The van der Waals surface area contributed by atoms with E-state index < -0.39 is 0 Å². The number of hydrogen-bond donors (Lipinski definition) is 1. The van der Waals surface area contributed by atoms with Gasteiger partial charge in [0.25, 0.3) is 0 Å². The minimum Gasteiger partial charge on any atom is -0.330 e. The predicted molar refractivity (Wildman–Crippen MR) is 83.8 cm³/mol. The van der Waals surface area contributed by atoms with Gasteiger partial charge >= 0.3 is 0 Å². The first-order valence-corrected chi connectivity index (χ1v) is 6.84. The van der Waals surface area contributed by atoms with Gasteiger partial charge in [-0.25, -0.2) is 0 Å². The van der Waals surface area contributed by atoms with Crippen LogP contribution in [0.4, 0.5) is 0 Å². The highest BCUT2D eigenvalue weighted by molar-refractivity contribution is 5.69. The molecule has 0 fully saturated rings. The number of allylic oxidation sites excluding steroid dienone is 2. The smallest absolute Gasteiger partial charge is 0.00743 e. The summed E-state index contributed by atoms with van der Waals surface area (Å²) in [6, 6.07) is 19.2. The molecule has 0 radical (unpaired) electrons. The number of rotatable bonds is 5. The van der Waals surface area contributed by atoms with E-state index in [0.717, 1.165) is 19.4 Å². The molecule has 0 bridgehead atoms. The van der Waals surface area contributed by atoms with Crippen LogP contribution in [0.25, 0.3) is 16.7 Å². The predicted octanol–water partition coefficient (Wildman–Crippen LogP) is 4.50. The highest BCUT2D eigenvalue weighted by Crippen LogP contribution is 2.22. The minimum absolute atomic E-state index is 0.761. The van der Waals surface area contributed by atoms with E-state index in [1.807, 2.05) is 6.07 Å². The molecule has 0 aliphatic rings. The molecule has 1 nitrogen and oxygen atoms in total. The second kappa shape index (κ2) is 6.91. The maximum absolute atomic E-state index is 5.51. The molecule has 0 aliphatic heterocycles. The van der Waals surface area contributed by atoms with Crippen molar-refractivity contribution in [2.24, 2.45) is 5.73 Å². The standard InChI is InChI=1S/C18H21N/c1-15(7-5-6-14-19)16-10-12-18(13-11-16)17-8-3-2-4-9-17/h2-4,7-13H,5-6,14,19H2,1H3/b15-7+. The molecule has 19 heavy (non-hydrogen) atoms. The number of unbranched alkanes of at least 4 members (excludes halogenated alkanes) is 1. The summed E-state index contributed by atoms with van der Waals surface area (Å²) in [7, 11) is 0. The van der Waals surface area contributed by atoms with Gasteiger partial charge in [-0.15, -0.1) is 0 Å². The van der Waals surface area contributed by atoms with Crippen molar-refractivity contribution in [1.82, 2.24) is 0 Å². The van der Waals surface area contributed by atoms with Crippen molar-refractivity contribution in [3.05, 3.63) is 66.2 Å². The Morgan fingerprint density at radius 1 is 0.947 bits per heavy atom. The summed E-state index contributed by atoms with van der Waals surface area (Å²) in [5.41, 5.74) is 10.6. The van der Waals surface area contributed by atoms with Crippen LogP contribution in [0.1, 0.15) is 25.3 Å². The summed E-state index contributed by atoms with van der Waals surface area (Å²) >= 11 is 0. The zero-order chi connectivity index (χ0) is 13.5. The van der Waals surface area contributed by atoms with Gasteiger partial charge in [-0.05, 0) is 48.6 Å². The fourth-order valence-corrected chi connectivity index (χ4v) is 2.11. The maximum Gasteiger partial charge on any atom is -0.00743 e. The van der Waals surface area contributed by atoms with E-state index in [1.54, 1.807) is 0 Å². The van der Waals surface area contributed by atoms with Crippen molar-refractivity contribution in [2.45, 2.75) is 19.8 Å². The van der Waals surface area contributed by atoms with Crippen LogP contribution in [0.15, 0.2) is 60.7 Å². The quantitative estimate of drug-likeness (QED) is 0.778. The summed E-state index contributed by atoms with van der Waals surface area (Å²) in [5.74, 6) is 0. The van der Waals surface area contributed by atoms with Crippen molar-refractivity contribution < 1.29 is 0 Å². The molecule has 2 rings (SSSR count). The number of benzene rings is 2. The Balaban J connectivity index is 2.12. The van der Waals surface area contributed by atoms with Gasteiger partial charge in [-0.2, -0.15) is 0 Å². The SMILES string of the molecule is C/C(=C\CCCN)c1ccc(-c2ccccc2)cc1. The number of nitrogens with two attached hydrogens (primary N) is 1. The van der Waals surface area contributed by atoms with E-state index in [1.165, 1.54) is 22.3 Å². The molecule has 0 aromatic heterocycles. The van der Waals surface area contributed by atoms with Gasteiger partial charge in [0.15, 0.2) is 0 Å². The molecule has 0 aliphatic carbocycles. The van der Waals surface area contributed by atoms with Crippen LogP contribution in [0.3, 0.4) is 0 Å². The lowest BCUT2D eigenvalue weighted by Gasteiger charge is -2.05. The van der Waals surface area contributed by atoms with Crippen LogP contribution < -0.4 is 5.73 Å². The molecule has 2 N–H and O–H groups in total. The van der Waals surface area contributed by atoms with Crippen LogP contribution >= 0.6 is 0 Å². The Morgan fingerprint density at radius 2 is 1.58 bits per heavy atom.